The van der Waals surface area contributed by atoms with Crippen LogP contribution in [0, 0.1) is 5.92 Å². The second-order valence-electron chi connectivity index (χ2n) is 7.60. The Labute approximate surface area is 167 Å². The van der Waals surface area contributed by atoms with Crippen molar-refractivity contribution in [2.45, 2.75) is 32.9 Å². The van der Waals surface area contributed by atoms with E-state index < -0.39 is 10.0 Å². The topological polar surface area (TPSA) is 80.1 Å². The van der Waals surface area contributed by atoms with E-state index in [9.17, 15) is 8.42 Å². The molecule has 1 unspecified atom stereocenters. The lowest BCUT2D eigenvalue weighted by molar-refractivity contribution is 0.305. The van der Waals surface area contributed by atoms with Crippen LogP contribution in [0.4, 0.5) is 0 Å². The van der Waals surface area contributed by atoms with E-state index >= 15 is 0 Å². The summed E-state index contributed by atoms with van der Waals surface area (Å²) in [6.07, 6.45) is 6.31. The Bertz CT molecular complexity index is 906. The molecule has 152 valence electrons. The molecule has 2 heterocycles. The SMILES string of the molecule is CC(C)C(NS(C)(=O)=O)c1nnc2n1CCN(C/C=C/c1ccccc1)CC2. The van der Waals surface area contributed by atoms with Gasteiger partial charge in [0.2, 0.25) is 10.0 Å². The van der Waals surface area contributed by atoms with Crippen LogP contribution < -0.4 is 4.72 Å². The Morgan fingerprint density at radius 1 is 1.14 bits per heavy atom. The van der Waals surface area contributed by atoms with Crippen molar-refractivity contribution in [3.8, 4) is 0 Å². The van der Waals surface area contributed by atoms with Crippen LogP contribution in [0.1, 0.15) is 37.1 Å². The highest BCUT2D eigenvalue weighted by molar-refractivity contribution is 7.88. The van der Waals surface area contributed by atoms with Gasteiger partial charge in [-0.05, 0) is 11.5 Å². The maximum atomic E-state index is 11.8. The van der Waals surface area contributed by atoms with Gasteiger partial charge in [-0.25, -0.2) is 13.1 Å². The molecule has 2 aromatic rings. The summed E-state index contributed by atoms with van der Waals surface area (Å²) < 4.78 is 28.4. The van der Waals surface area contributed by atoms with Crippen molar-refractivity contribution in [1.82, 2.24) is 24.4 Å². The first-order chi connectivity index (χ1) is 13.3. The molecular formula is C20H29N5O2S. The Morgan fingerprint density at radius 2 is 1.89 bits per heavy atom. The van der Waals surface area contributed by atoms with Gasteiger partial charge in [-0.2, -0.15) is 0 Å². The van der Waals surface area contributed by atoms with Gasteiger partial charge in [0.25, 0.3) is 0 Å². The first kappa shape index (κ1) is 20.7. The first-order valence-corrected chi connectivity index (χ1v) is 11.6. The minimum atomic E-state index is -3.33. The van der Waals surface area contributed by atoms with Crippen LogP contribution in [-0.2, 0) is 23.0 Å². The summed E-state index contributed by atoms with van der Waals surface area (Å²) in [4.78, 5) is 2.38. The third-order valence-corrected chi connectivity index (χ3v) is 5.59. The monoisotopic (exact) mass is 403 g/mol. The summed E-state index contributed by atoms with van der Waals surface area (Å²) in [6.45, 7) is 7.39. The van der Waals surface area contributed by atoms with Crippen molar-refractivity contribution >= 4 is 16.1 Å². The zero-order valence-electron chi connectivity index (χ0n) is 16.7. The number of nitrogens with zero attached hydrogens (tertiary/aromatic N) is 4. The Balaban J connectivity index is 1.68. The second-order valence-corrected chi connectivity index (χ2v) is 9.38. The fraction of sp³-hybridized carbons (Fsp3) is 0.500. The van der Waals surface area contributed by atoms with Gasteiger partial charge in [0.05, 0.1) is 12.3 Å². The fourth-order valence-electron chi connectivity index (χ4n) is 3.42. The van der Waals surface area contributed by atoms with E-state index in [1.807, 2.05) is 32.0 Å². The van der Waals surface area contributed by atoms with Gasteiger partial charge in [0, 0.05) is 32.6 Å². The van der Waals surface area contributed by atoms with Crippen LogP contribution in [0.25, 0.3) is 6.08 Å². The van der Waals surface area contributed by atoms with Crippen LogP contribution >= 0.6 is 0 Å². The summed E-state index contributed by atoms with van der Waals surface area (Å²) in [5.41, 5.74) is 1.20. The molecule has 28 heavy (non-hydrogen) atoms. The molecule has 0 fully saturated rings. The smallest absolute Gasteiger partial charge is 0.209 e. The normalized spacial score (nSPS) is 17.0. The molecule has 0 aliphatic carbocycles. The predicted molar refractivity (Wildman–Crippen MR) is 111 cm³/mol. The van der Waals surface area contributed by atoms with Crippen LogP contribution in [-0.4, -0.2) is 54.0 Å². The number of nitrogens with one attached hydrogen (secondary N) is 1. The molecule has 8 heteroatoms. The highest BCUT2D eigenvalue weighted by Crippen LogP contribution is 2.23. The van der Waals surface area contributed by atoms with Crippen molar-refractivity contribution in [3.05, 3.63) is 53.6 Å². The average molecular weight is 404 g/mol. The van der Waals surface area contributed by atoms with E-state index in [1.165, 1.54) is 11.8 Å². The van der Waals surface area contributed by atoms with Gasteiger partial charge >= 0.3 is 0 Å². The van der Waals surface area contributed by atoms with Crippen LogP contribution in [0.3, 0.4) is 0 Å². The Morgan fingerprint density at radius 3 is 2.57 bits per heavy atom. The third kappa shape index (κ3) is 5.50. The summed E-state index contributed by atoms with van der Waals surface area (Å²) in [5.74, 6) is 1.71. The predicted octanol–water partition coefficient (Wildman–Crippen LogP) is 2.10. The molecule has 1 aromatic carbocycles. The van der Waals surface area contributed by atoms with Crippen molar-refractivity contribution < 1.29 is 8.42 Å². The van der Waals surface area contributed by atoms with E-state index in [0.29, 0.717) is 5.82 Å². The van der Waals surface area contributed by atoms with Gasteiger partial charge in [-0.15, -0.1) is 10.2 Å². The summed E-state index contributed by atoms with van der Waals surface area (Å²) in [7, 11) is -3.33. The second kappa shape index (κ2) is 8.98. The van der Waals surface area contributed by atoms with E-state index in [2.05, 4.69) is 48.7 Å². The lowest BCUT2D eigenvalue weighted by Gasteiger charge is -2.22. The van der Waals surface area contributed by atoms with Crippen LogP contribution in [0.15, 0.2) is 36.4 Å². The largest absolute Gasteiger partial charge is 0.312 e. The van der Waals surface area contributed by atoms with Crippen LogP contribution in [0.2, 0.25) is 0 Å². The van der Waals surface area contributed by atoms with Gasteiger partial charge in [-0.1, -0.05) is 56.3 Å². The summed E-state index contributed by atoms with van der Waals surface area (Å²) in [6, 6.07) is 9.90. The first-order valence-electron chi connectivity index (χ1n) is 9.66. The van der Waals surface area contributed by atoms with Crippen molar-refractivity contribution in [2.24, 2.45) is 5.92 Å². The number of hydrogen-bond donors (Lipinski definition) is 1. The fourth-order valence-corrected chi connectivity index (χ4v) is 4.26. The molecule has 0 radical (unpaired) electrons. The minimum Gasteiger partial charge on any atom is -0.312 e. The lowest BCUT2D eigenvalue weighted by Crippen LogP contribution is -2.33. The molecule has 3 rings (SSSR count). The van der Waals surface area contributed by atoms with Crippen molar-refractivity contribution in [2.75, 3.05) is 25.9 Å². The number of sulfonamides is 1. The third-order valence-electron chi connectivity index (χ3n) is 4.91. The summed E-state index contributed by atoms with van der Waals surface area (Å²) in [5, 5.41) is 8.67. The number of benzene rings is 1. The summed E-state index contributed by atoms with van der Waals surface area (Å²) >= 11 is 0. The highest BCUT2D eigenvalue weighted by atomic mass is 32.2. The Kier molecular flexibility index (Phi) is 6.64. The number of aromatic nitrogens is 3. The molecule has 1 atom stereocenters. The Hall–Kier alpha value is -2.03. The zero-order chi connectivity index (χ0) is 20.1. The average Bonchev–Trinajstić information content (AvgIpc) is 2.93. The molecule has 1 N–H and O–H groups in total. The quantitative estimate of drug-likeness (QED) is 0.766. The van der Waals surface area contributed by atoms with Gasteiger partial charge < -0.3 is 4.57 Å². The number of fused-ring (bicyclic) bond motifs is 1. The van der Waals surface area contributed by atoms with Crippen molar-refractivity contribution in [1.29, 1.82) is 0 Å². The molecule has 1 aliphatic rings. The molecule has 0 bridgehead atoms. The van der Waals surface area contributed by atoms with Crippen molar-refractivity contribution in [3.63, 3.8) is 0 Å². The van der Waals surface area contributed by atoms with Crippen LogP contribution in [0.5, 0.6) is 0 Å². The van der Waals surface area contributed by atoms with Gasteiger partial charge in [0.15, 0.2) is 5.82 Å². The minimum absolute atomic E-state index is 0.0798. The van der Waals surface area contributed by atoms with E-state index in [4.69, 9.17) is 0 Å². The number of rotatable bonds is 7. The number of hydrogen-bond acceptors (Lipinski definition) is 5. The van der Waals surface area contributed by atoms with E-state index in [0.717, 1.165) is 38.4 Å². The maximum absolute atomic E-state index is 11.8. The molecule has 1 aliphatic heterocycles. The van der Waals surface area contributed by atoms with E-state index in [-0.39, 0.29) is 12.0 Å². The molecule has 7 nitrogen and oxygen atoms in total. The van der Waals surface area contributed by atoms with E-state index in [1.54, 1.807) is 0 Å². The molecule has 0 spiro atoms. The highest BCUT2D eigenvalue weighted by Gasteiger charge is 2.28. The lowest BCUT2D eigenvalue weighted by atomic mass is 10.1. The standard InChI is InChI=1S/C20H29N5O2S/c1-16(2)19(23-28(3,26)27)20-22-21-18-11-13-24(14-15-25(18)20)12-7-10-17-8-5-4-6-9-17/h4-10,16,19,23H,11-15H2,1-3H3/b10-7+. The zero-order valence-corrected chi connectivity index (χ0v) is 17.6. The molecule has 0 saturated carbocycles. The molecule has 1 aromatic heterocycles. The molecule has 0 amide bonds. The molecule has 0 saturated heterocycles. The van der Waals surface area contributed by atoms with Gasteiger partial charge in [0.1, 0.15) is 5.82 Å². The molecular weight excluding hydrogens is 374 g/mol. The maximum Gasteiger partial charge on any atom is 0.209 e. The van der Waals surface area contributed by atoms with Gasteiger partial charge in [-0.3, -0.25) is 4.90 Å².